The highest BCUT2D eigenvalue weighted by Gasteiger charge is 2.12. The standard InChI is InChI=1S/C12H14O2S/c1-8-3-4-11-9(5-8)6-12(14-11)10(13)7-15-2/h3-6,10,13H,7H2,1-2H3. The molecule has 0 radical (unpaired) electrons. The van der Waals surface area contributed by atoms with Crippen LogP contribution >= 0.6 is 11.8 Å². The Bertz CT molecular complexity index is 462. The van der Waals surface area contributed by atoms with E-state index in [2.05, 4.69) is 6.07 Å². The van der Waals surface area contributed by atoms with Gasteiger partial charge in [0.1, 0.15) is 17.4 Å². The van der Waals surface area contributed by atoms with Crippen LogP contribution in [0.15, 0.2) is 28.7 Å². The molecule has 0 spiro atoms. The van der Waals surface area contributed by atoms with Crippen molar-refractivity contribution in [1.29, 1.82) is 0 Å². The van der Waals surface area contributed by atoms with Gasteiger partial charge in [0.2, 0.25) is 0 Å². The van der Waals surface area contributed by atoms with Crippen molar-refractivity contribution in [3.63, 3.8) is 0 Å². The number of hydrogen-bond donors (Lipinski definition) is 1. The normalized spacial score (nSPS) is 13.3. The van der Waals surface area contributed by atoms with Crippen molar-refractivity contribution in [1.82, 2.24) is 0 Å². The van der Waals surface area contributed by atoms with Crippen molar-refractivity contribution in [2.45, 2.75) is 13.0 Å². The summed E-state index contributed by atoms with van der Waals surface area (Å²) in [7, 11) is 0. The minimum absolute atomic E-state index is 0.507. The van der Waals surface area contributed by atoms with Crippen LogP contribution in [0.3, 0.4) is 0 Å². The molecule has 80 valence electrons. The highest BCUT2D eigenvalue weighted by Crippen LogP contribution is 2.26. The molecular formula is C12H14O2S. The molecule has 3 heteroatoms. The van der Waals surface area contributed by atoms with E-state index in [0.29, 0.717) is 11.5 Å². The number of aliphatic hydroxyl groups is 1. The third-order valence-electron chi connectivity index (χ3n) is 2.34. The number of aliphatic hydroxyl groups excluding tert-OH is 1. The zero-order valence-electron chi connectivity index (χ0n) is 8.86. The molecular weight excluding hydrogens is 208 g/mol. The van der Waals surface area contributed by atoms with Gasteiger partial charge in [-0.3, -0.25) is 0 Å². The molecule has 2 rings (SSSR count). The topological polar surface area (TPSA) is 33.4 Å². The van der Waals surface area contributed by atoms with Gasteiger partial charge in [0, 0.05) is 11.1 Å². The molecule has 1 heterocycles. The lowest BCUT2D eigenvalue weighted by Gasteiger charge is -2.03. The smallest absolute Gasteiger partial charge is 0.134 e. The monoisotopic (exact) mass is 222 g/mol. The van der Waals surface area contributed by atoms with Gasteiger partial charge in [-0.05, 0) is 31.4 Å². The van der Waals surface area contributed by atoms with E-state index in [4.69, 9.17) is 4.42 Å². The number of rotatable bonds is 3. The van der Waals surface area contributed by atoms with Gasteiger partial charge in [-0.15, -0.1) is 0 Å². The fraction of sp³-hybridized carbons (Fsp3) is 0.333. The number of aryl methyl sites for hydroxylation is 1. The lowest BCUT2D eigenvalue weighted by Crippen LogP contribution is -1.97. The maximum Gasteiger partial charge on any atom is 0.134 e. The fourth-order valence-electron chi connectivity index (χ4n) is 1.59. The second kappa shape index (κ2) is 4.29. The van der Waals surface area contributed by atoms with Crippen molar-refractivity contribution in [2.24, 2.45) is 0 Å². The summed E-state index contributed by atoms with van der Waals surface area (Å²) in [4.78, 5) is 0. The first-order valence-corrected chi connectivity index (χ1v) is 6.27. The summed E-state index contributed by atoms with van der Waals surface area (Å²) in [6, 6.07) is 7.94. The molecule has 0 bridgehead atoms. The van der Waals surface area contributed by atoms with E-state index < -0.39 is 6.10 Å². The molecule has 2 nitrogen and oxygen atoms in total. The summed E-state index contributed by atoms with van der Waals surface area (Å²) in [5, 5.41) is 10.8. The van der Waals surface area contributed by atoms with Gasteiger partial charge >= 0.3 is 0 Å². The molecule has 1 atom stereocenters. The van der Waals surface area contributed by atoms with Crippen LogP contribution < -0.4 is 0 Å². The SMILES string of the molecule is CSCC(O)c1cc2cc(C)ccc2o1. The van der Waals surface area contributed by atoms with Crippen molar-refractivity contribution in [3.05, 3.63) is 35.6 Å². The predicted molar refractivity (Wildman–Crippen MR) is 64.3 cm³/mol. The van der Waals surface area contributed by atoms with Crippen LogP contribution in [0.1, 0.15) is 17.4 Å². The Morgan fingerprint density at radius 1 is 1.40 bits per heavy atom. The van der Waals surface area contributed by atoms with Crippen LogP contribution in [-0.4, -0.2) is 17.1 Å². The first kappa shape index (κ1) is 10.6. The van der Waals surface area contributed by atoms with Crippen LogP contribution in [0.25, 0.3) is 11.0 Å². The number of fused-ring (bicyclic) bond motifs is 1. The Labute approximate surface area is 93.3 Å². The summed E-state index contributed by atoms with van der Waals surface area (Å²) in [6.45, 7) is 2.05. The third kappa shape index (κ3) is 2.19. The van der Waals surface area contributed by atoms with Gasteiger partial charge < -0.3 is 9.52 Å². The average Bonchev–Trinajstić information content (AvgIpc) is 2.60. The van der Waals surface area contributed by atoms with Crippen molar-refractivity contribution >= 4 is 22.7 Å². The molecule has 0 saturated heterocycles. The lowest BCUT2D eigenvalue weighted by atomic mass is 10.2. The van der Waals surface area contributed by atoms with Crippen LogP contribution in [-0.2, 0) is 0 Å². The summed E-state index contributed by atoms with van der Waals surface area (Å²) < 4.78 is 5.57. The minimum Gasteiger partial charge on any atom is -0.458 e. The van der Waals surface area contributed by atoms with Gasteiger partial charge in [0.15, 0.2) is 0 Å². The molecule has 0 aliphatic heterocycles. The van der Waals surface area contributed by atoms with Gasteiger partial charge in [-0.25, -0.2) is 0 Å². The van der Waals surface area contributed by atoms with E-state index in [-0.39, 0.29) is 0 Å². The van der Waals surface area contributed by atoms with E-state index in [1.54, 1.807) is 11.8 Å². The molecule has 0 aliphatic carbocycles. The van der Waals surface area contributed by atoms with Gasteiger partial charge in [-0.1, -0.05) is 11.6 Å². The minimum atomic E-state index is -0.507. The summed E-state index contributed by atoms with van der Waals surface area (Å²) in [5.74, 6) is 1.32. The molecule has 1 aromatic heterocycles. The zero-order chi connectivity index (χ0) is 10.8. The third-order valence-corrected chi connectivity index (χ3v) is 2.99. The van der Waals surface area contributed by atoms with Crippen molar-refractivity contribution in [2.75, 3.05) is 12.0 Å². The van der Waals surface area contributed by atoms with Gasteiger partial charge in [0.05, 0.1) is 0 Å². The number of hydrogen-bond acceptors (Lipinski definition) is 3. The van der Waals surface area contributed by atoms with Crippen molar-refractivity contribution in [3.8, 4) is 0 Å². The molecule has 0 aliphatic rings. The Morgan fingerprint density at radius 2 is 2.20 bits per heavy atom. The molecule has 1 aromatic carbocycles. The average molecular weight is 222 g/mol. The Hall–Kier alpha value is -0.930. The van der Waals surface area contributed by atoms with E-state index in [1.807, 2.05) is 31.4 Å². The van der Waals surface area contributed by atoms with Crippen LogP contribution in [0.2, 0.25) is 0 Å². The molecule has 0 fully saturated rings. The maximum absolute atomic E-state index is 9.78. The van der Waals surface area contributed by atoms with Gasteiger partial charge in [-0.2, -0.15) is 11.8 Å². The highest BCUT2D eigenvalue weighted by atomic mass is 32.2. The Balaban J connectivity index is 2.38. The second-order valence-electron chi connectivity index (χ2n) is 3.66. The van der Waals surface area contributed by atoms with Crippen LogP contribution in [0.5, 0.6) is 0 Å². The van der Waals surface area contributed by atoms with E-state index in [1.165, 1.54) is 5.56 Å². The fourth-order valence-corrected chi connectivity index (χ4v) is 2.07. The second-order valence-corrected chi connectivity index (χ2v) is 4.57. The maximum atomic E-state index is 9.78. The van der Waals surface area contributed by atoms with Gasteiger partial charge in [0.25, 0.3) is 0 Å². The molecule has 0 amide bonds. The predicted octanol–water partition coefficient (Wildman–Crippen LogP) is 3.14. The quantitative estimate of drug-likeness (QED) is 0.866. The molecule has 1 unspecified atom stereocenters. The molecule has 0 saturated carbocycles. The summed E-state index contributed by atoms with van der Waals surface area (Å²) in [5.41, 5.74) is 2.05. The Kier molecular flexibility index (Phi) is 3.03. The first-order valence-electron chi connectivity index (χ1n) is 4.88. The number of benzene rings is 1. The van der Waals surface area contributed by atoms with E-state index >= 15 is 0 Å². The number of furan rings is 1. The molecule has 15 heavy (non-hydrogen) atoms. The lowest BCUT2D eigenvalue weighted by molar-refractivity contribution is 0.177. The largest absolute Gasteiger partial charge is 0.458 e. The van der Waals surface area contributed by atoms with E-state index in [0.717, 1.165) is 11.0 Å². The summed E-state index contributed by atoms with van der Waals surface area (Å²) >= 11 is 1.61. The van der Waals surface area contributed by atoms with Crippen LogP contribution in [0.4, 0.5) is 0 Å². The summed E-state index contributed by atoms with van der Waals surface area (Å²) in [6.07, 6.45) is 1.46. The van der Waals surface area contributed by atoms with Crippen molar-refractivity contribution < 1.29 is 9.52 Å². The Morgan fingerprint density at radius 3 is 2.93 bits per heavy atom. The highest BCUT2D eigenvalue weighted by molar-refractivity contribution is 7.98. The molecule has 2 aromatic rings. The van der Waals surface area contributed by atoms with E-state index in [9.17, 15) is 5.11 Å². The molecule has 1 N–H and O–H groups in total. The first-order chi connectivity index (χ1) is 7.20. The van der Waals surface area contributed by atoms with Crippen LogP contribution in [0, 0.1) is 6.92 Å². The number of thioether (sulfide) groups is 1. The zero-order valence-corrected chi connectivity index (χ0v) is 9.67.